The first-order chi connectivity index (χ1) is 9.43. The molecule has 0 saturated heterocycles. The molecule has 0 radical (unpaired) electrons. The van der Waals surface area contributed by atoms with E-state index in [-0.39, 0.29) is 6.10 Å². The summed E-state index contributed by atoms with van der Waals surface area (Å²) in [5.74, 6) is 1.88. The van der Waals surface area contributed by atoms with Crippen molar-refractivity contribution in [3.63, 3.8) is 0 Å². The average Bonchev–Trinajstić information content (AvgIpc) is 3.00. The molecule has 0 amide bonds. The molecule has 0 fully saturated rings. The van der Waals surface area contributed by atoms with E-state index >= 15 is 0 Å². The summed E-state index contributed by atoms with van der Waals surface area (Å²) >= 11 is 0. The van der Waals surface area contributed by atoms with Crippen LogP contribution in [0.4, 0.5) is 0 Å². The monoisotopic (exact) mass is 250 g/mol. The van der Waals surface area contributed by atoms with E-state index in [4.69, 9.17) is 4.74 Å². The Bertz CT molecular complexity index is 663. The Balaban J connectivity index is 1.90. The van der Waals surface area contributed by atoms with Crippen LogP contribution < -0.4 is 10.1 Å². The Morgan fingerprint density at radius 3 is 2.63 bits per heavy atom. The minimum absolute atomic E-state index is 0.103. The lowest BCUT2D eigenvalue weighted by atomic mass is 9.92. The zero-order chi connectivity index (χ0) is 12.7. The van der Waals surface area contributed by atoms with E-state index in [9.17, 15) is 0 Å². The normalized spacial score (nSPS) is 19.8. The fourth-order valence-electron chi connectivity index (χ4n) is 2.75. The van der Waals surface area contributed by atoms with Crippen molar-refractivity contribution in [1.82, 2.24) is 5.32 Å². The fourth-order valence-corrected chi connectivity index (χ4v) is 2.75. The molecule has 2 aromatic carbocycles. The maximum absolute atomic E-state index is 6.15. The molecule has 19 heavy (non-hydrogen) atoms. The molecule has 2 aromatic rings. The van der Waals surface area contributed by atoms with Gasteiger partial charge in [0.05, 0.1) is 6.54 Å². The van der Waals surface area contributed by atoms with Gasteiger partial charge in [-0.3, -0.25) is 4.99 Å². The first-order valence-electron chi connectivity index (χ1n) is 6.57. The summed E-state index contributed by atoms with van der Waals surface area (Å²) in [6.45, 7) is 1.73. The van der Waals surface area contributed by atoms with Crippen LogP contribution in [-0.4, -0.2) is 18.9 Å². The third-order valence-corrected chi connectivity index (χ3v) is 3.61. The van der Waals surface area contributed by atoms with Gasteiger partial charge in [0.2, 0.25) is 0 Å². The van der Waals surface area contributed by atoms with Gasteiger partial charge in [-0.25, -0.2) is 0 Å². The van der Waals surface area contributed by atoms with E-state index in [0.29, 0.717) is 0 Å². The third-order valence-electron chi connectivity index (χ3n) is 3.61. The summed E-state index contributed by atoms with van der Waals surface area (Å²) < 4.78 is 6.15. The Kier molecular flexibility index (Phi) is 2.30. The molecule has 94 valence electrons. The Hall–Kier alpha value is -2.29. The number of nitrogens with zero attached hydrogens (tertiary/aromatic N) is 1. The molecule has 3 heteroatoms. The number of fused-ring (bicyclic) bond motifs is 3. The van der Waals surface area contributed by atoms with E-state index in [1.807, 2.05) is 18.2 Å². The van der Waals surface area contributed by atoms with Crippen molar-refractivity contribution in [1.29, 1.82) is 0 Å². The molecule has 2 aliphatic rings. The van der Waals surface area contributed by atoms with Crippen molar-refractivity contribution in [2.45, 2.75) is 6.10 Å². The molecule has 1 unspecified atom stereocenters. The van der Waals surface area contributed by atoms with E-state index in [1.54, 1.807) is 0 Å². The van der Waals surface area contributed by atoms with Gasteiger partial charge in [0.15, 0.2) is 6.10 Å². The Morgan fingerprint density at radius 2 is 1.79 bits per heavy atom. The van der Waals surface area contributed by atoms with Crippen molar-refractivity contribution >= 4 is 5.84 Å². The number of nitrogens with one attached hydrogen (secondary N) is 1. The maximum atomic E-state index is 6.15. The summed E-state index contributed by atoms with van der Waals surface area (Å²) in [6.07, 6.45) is -0.103. The van der Waals surface area contributed by atoms with Crippen molar-refractivity contribution < 1.29 is 4.74 Å². The molecule has 2 heterocycles. The Labute approximate surface area is 111 Å². The second kappa shape index (κ2) is 4.12. The van der Waals surface area contributed by atoms with Gasteiger partial charge in [-0.15, -0.1) is 0 Å². The molecule has 0 aliphatic carbocycles. The van der Waals surface area contributed by atoms with Crippen LogP contribution in [0, 0.1) is 0 Å². The number of rotatable bonds is 1. The van der Waals surface area contributed by atoms with Crippen LogP contribution in [0.1, 0.15) is 11.7 Å². The number of para-hydroxylation sites is 1. The van der Waals surface area contributed by atoms with Crippen molar-refractivity contribution in [2.75, 3.05) is 13.1 Å². The van der Waals surface area contributed by atoms with Crippen LogP contribution in [-0.2, 0) is 0 Å². The quantitative estimate of drug-likeness (QED) is 0.844. The molecular weight excluding hydrogens is 236 g/mol. The van der Waals surface area contributed by atoms with Crippen molar-refractivity contribution in [3.05, 3.63) is 54.1 Å². The van der Waals surface area contributed by atoms with Gasteiger partial charge < -0.3 is 10.1 Å². The van der Waals surface area contributed by atoms with E-state index in [1.165, 1.54) is 11.1 Å². The third kappa shape index (κ3) is 1.62. The SMILES string of the molecule is c1ccc2c(c1)OC(C1=NCCN1)c1ccccc1-2. The predicted molar refractivity (Wildman–Crippen MR) is 75.6 cm³/mol. The fraction of sp³-hybridized carbons (Fsp3) is 0.188. The number of amidine groups is 1. The molecule has 0 saturated carbocycles. The predicted octanol–water partition coefficient (Wildman–Crippen LogP) is 2.79. The lowest BCUT2D eigenvalue weighted by Gasteiger charge is -2.28. The van der Waals surface area contributed by atoms with Gasteiger partial charge in [0, 0.05) is 17.7 Å². The lowest BCUT2D eigenvalue weighted by molar-refractivity contribution is 0.266. The van der Waals surface area contributed by atoms with Crippen LogP contribution in [0.2, 0.25) is 0 Å². The lowest BCUT2D eigenvalue weighted by Crippen LogP contribution is -2.31. The van der Waals surface area contributed by atoms with Crippen LogP contribution in [0.3, 0.4) is 0 Å². The molecule has 4 rings (SSSR count). The van der Waals surface area contributed by atoms with Crippen LogP contribution in [0.5, 0.6) is 5.75 Å². The highest BCUT2D eigenvalue weighted by Crippen LogP contribution is 2.42. The highest BCUT2D eigenvalue weighted by molar-refractivity contribution is 5.93. The van der Waals surface area contributed by atoms with Gasteiger partial charge >= 0.3 is 0 Å². The molecule has 1 N–H and O–H groups in total. The largest absolute Gasteiger partial charge is 0.477 e. The highest BCUT2D eigenvalue weighted by atomic mass is 16.5. The minimum Gasteiger partial charge on any atom is -0.477 e. The van der Waals surface area contributed by atoms with E-state index in [2.05, 4.69) is 40.6 Å². The maximum Gasteiger partial charge on any atom is 0.181 e. The molecular formula is C16H14N2O. The number of hydrogen-bond acceptors (Lipinski definition) is 3. The van der Waals surface area contributed by atoms with Crippen LogP contribution >= 0.6 is 0 Å². The van der Waals surface area contributed by atoms with Crippen LogP contribution in [0.25, 0.3) is 11.1 Å². The second-order valence-corrected chi connectivity index (χ2v) is 4.78. The summed E-state index contributed by atoms with van der Waals surface area (Å²) in [4.78, 5) is 4.51. The Morgan fingerprint density at radius 1 is 1.00 bits per heavy atom. The van der Waals surface area contributed by atoms with Gasteiger partial charge in [0.1, 0.15) is 11.6 Å². The zero-order valence-electron chi connectivity index (χ0n) is 10.5. The molecule has 2 aliphatic heterocycles. The number of aliphatic imine (C=N–C) groups is 1. The van der Waals surface area contributed by atoms with Crippen molar-refractivity contribution in [3.8, 4) is 16.9 Å². The summed E-state index contributed by atoms with van der Waals surface area (Å²) in [5.41, 5.74) is 3.59. The molecule has 1 atom stereocenters. The molecule has 0 aromatic heterocycles. The molecule has 0 spiro atoms. The smallest absolute Gasteiger partial charge is 0.181 e. The summed E-state index contributed by atoms with van der Waals surface area (Å²) in [6, 6.07) is 16.6. The zero-order valence-corrected chi connectivity index (χ0v) is 10.5. The van der Waals surface area contributed by atoms with E-state index in [0.717, 1.165) is 30.2 Å². The van der Waals surface area contributed by atoms with E-state index < -0.39 is 0 Å². The molecule has 3 nitrogen and oxygen atoms in total. The highest BCUT2D eigenvalue weighted by Gasteiger charge is 2.30. The first kappa shape index (κ1) is 10.6. The van der Waals surface area contributed by atoms with Gasteiger partial charge in [-0.05, 0) is 11.6 Å². The number of benzene rings is 2. The van der Waals surface area contributed by atoms with Crippen LogP contribution in [0.15, 0.2) is 53.5 Å². The summed E-state index contributed by atoms with van der Waals surface area (Å²) in [5, 5.41) is 3.32. The standard InChI is InChI=1S/C16H14N2O/c1-2-7-13-11(5-1)12-6-3-4-8-14(12)19-15(13)16-17-9-10-18-16/h1-8,15H,9-10H2,(H,17,18). The second-order valence-electron chi connectivity index (χ2n) is 4.78. The molecule has 0 bridgehead atoms. The van der Waals surface area contributed by atoms with Gasteiger partial charge in [0.25, 0.3) is 0 Å². The van der Waals surface area contributed by atoms with Gasteiger partial charge in [-0.2, -0.15) is 0 Å². The van der Waals surface area contributed by atoms with Gasteiger partial charge in [-0.1, -0.05) is 42.5 Å². The topological polar surface area (TPSA) is 33.6 Å². The van der Waals surface area contributed by atoms with Crippen molar-refractivity contribution in [2.24, 2.45) is 4.99 Å². The number of hydrogen-bond donors (Lipinski definition) is 1. The first-order valence-corrected chi connectivity index (χ1v) is 6.57. The summed E-state index contributed by atoms with van der Waals surface area (Å²) in [7, 11) is 0. The average molecular weight is 250 g/mol. The number of ether oxygens (including phenoxy) is 1. The minimum atomic E-state index is -0.103.